The lowest BCUT2D eigenvalue weighted by atomic mass is 10.1. The van der Waals surface area contributed by atoms with Crippen LogP contribution in [0.4, 0.5) is 5.95 Å². The molecule has 0 unspecified atom stereocenters. The fourth-order valence-corrected chi connectivity index (χ4v) is 1.54. The van der Waals surface area contributed by atoms with Gasteiger partial charge in [-0.3, -0.25) is 0 Å². The molecule has 0 fully saturated rings. The maximum atomic E-state index is 5.54. The molecular formula is C8H12N4. The Morgan fingerprint density at radius 3 is 3.08 bits per heavy atom. The van der Waals surface area contributed by atoms with Gasteiger partial charge in [-0.1, -0.05) is 0 Å². The van der Waals surface area contributed by atoms with Crippen LogP contribution in [0.2, 0.25) is 0 Å². The van der Waals surface area contributed by atoms with E-state index in [0.717, 1.165) is 30.9 Å². The fraction of sp³-hybridized carbons (Fsp3) is 0.500. The summed E-state index contributed by atoms with van der Waals surface area (Å²) in [5, 5.41) is 3.28. The van der Waals surface area contributed by atoms with Crippen molar-refractivity contribution in [3.05, 3.63) is 17.0 Å². The van der Waals surface area contributed by atoms with Gasteiger partial charge in [0.2, 0.25) is 5.95 Å². The van der Waals surface area contributed by atoms with Crippen molar-refractivity contribution in [2.24, 2.45) is 0 Å². The summed E-state index contributed by atoms with van der Waals surface area (Å²) < 4.78 is 0. The number of hydrogen-bond acceptors (Lipinski definition) is 4. The van der Waals surface area contributed by atoms with Crippen molar-refractivity contribution >= 4 is 5.95 Å². The van der Waals surface area contributed by atoms with Crippen molar-refractivity contribution in [3.8, 4) is 0 Å². The first kappa shape index (κ1) is 7.49. The van der Waals surface area contributed by atoms with Gasteiger partial charge < -0.3 is 11.1 Å². The molecule has 3 N–H and O–H groups in total. The number of hydrogen-bond donors (Lipinski definition) is 2. The van der Waals surface area contributed by atoms with Crippen molar-refractivity contribution < 1.29 is 0 Å². The standard InChI is InChI=1S/C8H12N4/c1-5-6-4-10-3-2-7(6)12-8(9)11-5/h10H,2-4H2,1H3,(H2,9,11,12). The molecule has 0 spiro atoms. The van der Waals surface area contributed by atoms with E-state index < -0.39 is 0 Å². The van der Waals surface area contributed by atoms with Gasteiger partial charge >= 0.3 is 0 Å². The van der Waals surface area contributed by atoms with Crippen LogP contribution in [0.3, 0.4) is 0 Å². The van der Waals surface area contributed by atoms with Crippen LogP contribution in [0.1, 0.15) is 17.0 Å². The third-order valence-electron chi connectivity index (χ3n) is 2.16. The second-order valence-corrected chi connectivity index (χ2v) is 3.02. The molecular weight excluding hydrogens is 152 g/mol. The molecule has 1 aliphatic heterocycles. The van der Waals surface area contributed by atoms with Gasteiger partial charge in [-0.15, -0.1) is 0 Å². The van der Waals surface area contributed by atoms with Crippen LogP contribution in [0, 0.1) is 6.92 Å². The molecule has 0 bridgehead atoms. The Morgan fingerprint density at radius 1 is 1.42 bits per heavy atom. The van der Waals surface area contributed by atoms with Crippen LogP contribution < -0.4 is 11.1 Å². The maximum absolute atomic E-state index is 5.54. The Balaban J connectivity index is 2.53. The molecule has 0 amide bonds. The summed E-state index contributed by atoms with van der Waals surface area (Å²) in [5.74, 6) is 0.396. The van der Waals surface area contributed by atoms with Gasteiger partial charge in [-0.2, -0.15) is 0 Å². The lowest BCUT2D eigenvalue weighted by Crippen LogP contribution is -2.26. The van der Waals surface area contributed by atoms with E-state index >= 15 is 0 Å². The van der Waals surface area contributed by atoms with Gasteiger partial charge in [-0.25, -0.2) is 9.97 Å². The van der Waals surface area contributed by atoms with E-state index in [9.17, 15) is 0 Å². The number of aryl methyl sites for hydroxylation is 1. The third kappa shape index (κ3) is 1.14. The predicted molar refractivity (Wildman–Crippen MR) is 46.6 cm³/mol. The van der Waals surface area contributed by atoms with E-state index in [1.807, 2.05) is 6.92 Å². The zero-order chi connectivity index (χ0) is 8.55. The van der Waals surface area contributed by atoms with Crippen molar-refractivity contribution in [1.29, 1.82) is 0 Å². The highest BCUT2D eigenvalue weighted by molar-refractivity contribution is 5.32. The van der Waals surface area contributed by atoms with Crippen LogP contribution >= 0.6 is 0 Å². The van der Waals surface area contributed by atoms with Crippen molar-refractivity contribution in [2.75, 3.05) is 12.3 Å². The van der Waals surface area contributed by atoms with Crippen LogP contribution in [-0.4, -0.2) is 16.5 Å². The smallest absolute Gasteiger partial charge is 0.220 e. The Hall–Kier alpha value is -1.16. The molecule has 4 nitrogen and oxygen atoms in total. The Kier molecular flexibility index (Phi) is 1.69. The number of fused-ring (bicyclic) bond motifs is 1. The molecule has 0 saturated carbocycles. The second kappa shape index (κ2) is 2.71. The van der Waals surface area contributed by atoms with E-state index in [0.29, 0.717) is 5.95 Å². The monoisotopic (exact) mass is 164 g/mol. The van der Waals surface area contributed by atoms with Gasteiger partial charge in [-0.05, 0) is 6.92 Å². The first-order valence-corrected chi connectivity index (χ1v) is 4.10. The van der Waals surface area contributed by atoms with Crippen molar-refractivity contribution in [2.45, 2.75) is 19.9 Å². The molecule has 2 heterocycles. The lowest BCUT2D eigenvalue weighted by Gasteiger charge is -2.17. The number of nitrogens with zero attached hydrogens (tertiary/aromatic N) is 2. The average molecular weight is 164 g/mol. The second-order valence-electron chi connectivity index (χ2n) is 3.02. The molecule has 64 valence electrons. The highest BCUT2D eigenvalue weighted by Gasteiger charge is 2.13. The third-order valence-corrected chi connectivity index (χ3v) is 2.16. The van der Waals surface area contributed by atoms with Crippen molar-refractivity contribution in [1.82, 2.24) is 15.3 Å². The van der Waals surface area contributed by atoms with Gasteiger partial charge in [0, 0.05) is 30.8 Å². The molecule has 0 radical (unpaired) electrons. The molecule has 0 aromatic carbocycles. The topological polar surface area (TPSA) is 63.8 Å². The van der Waals surface area contributed by atoms with Crippen LogP contribution in [0.25, 0.3) is 0 Å². The summed E-state index contributed by atoms with van der Waals surface area (Å²) in [6.07, 6.45) is 0.961. The zero-order valence-electron chi connectivity index (χ0n) is 7.09. The minimum absolute atomic E-state index is 0.396. The molecule has 0 atom stereocenters. The van der Waals surface area contributed by atoms with Gasteiger partial charge in [0.25, 0.3) is 0 Å². The number of nitrogens with two attached hydrogens (primary N) is 1. The molecule has 1 aromatic heterocycles. The number of rotatable bonds is 0. The van der Waals surface area contributed by atoms with E-state index in [1.165, 1.54) is 5.56 Å². The molecule has 0 aliphatic carbocycles. The highest BCUT2D eigenvalue weighted by atomic mass is 15.0. The zero-order valence-corrected chi connectivity index (χ0v) is 7.09. The highest BCUT2D eigenvalue weighted by Crippen LogP contribution is 2.14. The summed E-state index contributed by atoms with van der Waals surface area (Å²) in [4.78, 5) is 8.31. The molecule has 0 saturated heterocycles. The normalized spacial score (nSPS) is 15.8. The van der Waals surface area contributed by atoms with E-state index in [2.05, 4.69) is 15.3 Å². The predicted octanol–water partition coefficient (Wildman–Crippen LogP) is 0.0129. The maximum Gasteiger partial charge on any atom is 0.220 e. The number of nitrogens with one attached hydrogen (secondary N) is 1. The summed E-state index contributed by atoms with van der Waals surface area (Å²) >= 11 is 0. The van der Waals surface area contributed by atoms with E-state index in [-0.39, 0.29) is 0 Å². The number of aromatic nitrogens is 2. The lowest BCUT2D eigenvalue weighted by molar-refractivity contribution is 0.622. The summed E-state index contributed by atoms with van der Waals surface area (Å²) in [6, 6.07) is 0. The number of anilines is 1. The average Bonchev–Trinajstić information content (AvgIpc) is 2.04. The van der Waals surface area contributed by atoms with Crippen LogP contribution in [0.15, 0.2) is 0 Å². The van der Waals surface area contributed by atoms with Crippen LogP contribution in [0.5, 0.6) is 0 Å². The fourth-order valence-electron chi connectivity index (χ4n) is 1.54. The van der Waals surface area contributed by atoms with E-state index in [4.69, 9.17) is 5.73 Å². The summed E-state index contributed by atoms with van der Waals surface area (Å²) in [7, 11) is 0. The van der Waals surface area contributed by atoms with Gasteiger partial charge in [0.05, 0.1) is 5.69 Å². The molecule has 4 heteroatoms. The Labute approximate surface area is 71.2 Å². The Morgan fingerprint density at radius 2 is 2.25 bits per heavy atom. The van der Waals surface area contributed by atoms with Gasteiger partial charge in [0.15, 0.2) is 0 Å². The largest absolute Gasteiger partial charge is 0.368 e. The molecule has 2 rings (SSSR count). The summed E-state index contributed by atoms with van der Waals surface area (Å²) in [5.41, 5.74) is 8.87. The van der Waals surface area contributed by atoms with E-state index in [1.54, 1.807) is 0 Å². The molecule has 1 aliphatic rings. The first-order chi connectivity index (χ1) is 5.77. The number of nitrogen functional groups attached to an aromatic ring is 1. The minimum Gasteiger partial charge on any atom is -0.368 e. The van der Waals surface area contributed by atoms with Crippen molar-refractivity contribution in [3.63, 3.8) is 0 Å². The minimum atomic E-state index is 0.396. The quantitative estimate of drug-likeness (QED) is 0.567. The SMILES string of the molecule is Cc1nc(N)nc2c1CNCC2. The molecule has 1 aromatic rings. The molecule has 12 heavy (non-hydrogen) atoms. The Bertz CT molecular complexity index is 308. The first-order valence-electron chi connectivity index (χ1n) is 4.10. The van der Waals surface area contributed by atoms with Gasteiger partial charge in [0.1, 0.15) is 0 Å². The summed E-state index contributed by atoms with van der Waals surface area (Å²) in [6.45, 7) is 3.84. The van der Waals surface area contributed by atoms with Crippen LogP contribution in [-0.2, 0) is 13.0 Å².